The van der Waals surface area contributed by atoms with E-state index < -0.39 is 0 Å². The summed E-state index contributed by atoms with van der Waals surface area (Å²) in [7, 11) is 0. The first-order chi connectivity index (χ1) is 6.65. The molecule has 3 unspecified atom stereocenters. The highest BCUT2D eigenvalue weighted by Crippen LogP contribution is 2.22. The van der Waals surface area contributed by atoms with Crippen LogP contribution in [0.1, 0.15) is 26.7 Å². The first kappa shape index (κ1) is 10.4. The van der Waals surface area contributed by atoms with Gasteiger partial charge in [-0.1, -0.05) is 13.8 Å². The van der Waals surface area contributed by atoms with Crippen LogP contribution in [0.4, 0.5) is 0 Å². The van der Waals surface area contributed by atoms with E-state index in [0.29, 0.717) is 12.1 Å². The summed E-state index contributed by atoms with van der Waals surface area (Å²) in [5.41, 5.74) is 0. The second-order valence-corrected chi connectivity index (χ2v) is 5.23. The molecule has 0 amide bonds. The minimum Gasteiger partial charge on any atom is -0.392 e. The Morgan fingerprint density at radius 3 is 2.93 bits per heavy atom. The Hall–Kier alpha value is -0.120. The Kier molecular flexibility index (Phi) is 3.10. The third-order valence-corrected chi connectivity index (χ3v) is 3.36. The van der Waals surface area contributed by atoms with Gasteiger partial charge < -0.3 is 10.4 Å². The highest BCUT2D eigenvalue weighted by Gasteiger charge is 2.35. The topological polar surface area (TPSA) is 35.5 Å². The Balaban J connectivity index is 1.85. The lowest BCUT2D eigenvalue weighted by atomic mass is 10.0. The molecule has 0 aromatic carbocycles. The minimum atomic E-state index is -0.0837. The summed E-state index contributed by atoms with van der Waals surface area (Å²) in [4.78, 5) is 2.45. The van der Waals surface area contributed by atoms with Crippen LogP contribution in [0, 0.1) is 5.92 Å². The van der Waals surface area contributed by atoms with Gasteiger partial charge in [-0.3, -0.25) is 4.90 Å². The van der Waals surface area contributed by atoms with Crippen LogP contribution in [-0.4, -0.2) is 47.8 Å². The monoisotopic (exact) mass is 198 g/mol. The summed E-state index contributed by atoms with van der Waals surface area (Å²) >= 11 is 0. The van der Waals surface area contributed by atoms with Crippen LogP contribution in [0.2, 0.25) is 0 Å². The molecule has 3 heteroatoms. The molecular formula is C11H22N2O. The Morgan fingerprint density at radius 1 is 1.43 bits per heavy atom. The fourth-order valence-corrected chi connectivity index (χ4v) is 2.77. The molecule has 2 N–H and O–H groups in total. The molecule has 3 nitrogen and oxygen atoms in total. The van der Waals surface area contributed by atoms with Crippen molar-refractivity contribution in [3.63, 3.8) is 0 Å². The fourth-order valence-electron chi connectivity index (χ4n) is 2.77. The third kappa shape index (κ3) is 2.27. The Bertz CT molecular complexity index is 196. The molecule has 2 aliphatic rings. The molecule has 0 radical (unpaired) electrons. The van der Waals surface area contributed by atoms with Crippen LogP contribution >= 0.6 is 0 Å². The number of aliphatic hydroxyl groups is 1. The number of aliphatic hydroxyl groups excluding tert-OH is 1. The molecular weight excluding hydrogens is 176 g/mol. The zero-order valence-electron chi connectivity index (χ0n) is 9.24. The fraction of sp³-hybridized carbons (Fsp3) is 1.00. The van der Waals surface area contributed by atoms with E-state index in [1.165, 1.54) is 6.42 Å². The highest BCUT2D eigenvalue weighted by molar-refractivity contribution is 4.93. The van der Waals surface area contributed by atoms with Crippen molar-refractivity contribution in [2.45, 2.75) is 44.9 Å². The molecule has 82 valence electrons. The second-order valence-electron chi connectivity index (χ2n) is 5.23. The predicted molar refractivity (Wildman–Crippen MR) is 57.2 cm³/mol. The lowest BCUT2D eigenvalue weighted by molar-refractivity contribution is 0.146. The number of fused-ring (bicyclic) bond motifs is 1. The van der Waals surface area contributed by atoms with Crippen LogP contribution in [-0.2, 0) is 0 Å². The number of rotatable bonds is 2. The van der Waals surface area contributed by atoms with Crippen LogP contribution in [0.15, 0.2) is 0 Å². The second kappa shape index (κ2) is 4.17. The molecule has 0 aromatic rings. The number of piperazine rings is 1. The van der Waals surface area contributed by atoms with Gasteiger partial charge in [0.15, 0.2) is 0 Å². The molecule has 0 spiro atoms. The van der Waals surface area contributed by atoms with Crippen molar-refractivity contribution in [2.75, 3.05) is 19.6 Å². The first-order valence-corrected chi connectivity index (χ1v) is 5.80. The first-order valence-electron chi connectivity index (χ1n) is 5.80. The quantitative estimate of drug-likeness (QED) is 0.676. The molecule has 2 rings (SSSR count). The van der Waals surface area contributed by atoms with E-state index in [1.807, 2.05) is 0 Å². The zero-order chi connectivity index (χ0) is 10.1. The lowest BCUT2D eigenvalue weighted by Crippen LogP contribution is -2.54. The van der Waals surface area contributed by atoms with Gasteiger partial charge in [-0.2, -0.15) is 0 Å². The average Bonchev–Trinajstić information content (AvgIpc) is 2.42. The Labute approximate surface area is 86.5 Å². The normalized spacial score (nSPS) is 39.0. The molecule has 0 bridgehead atoms. The van der Waals surface area contributed by atoms with Gasteiger partial charge in [0.1, 0.15) is 0 Å². The molecule has 2 fully saturated rings. The van der Waals surface area contributed by atoms with Gasteiger partial charge in [0, 0.05) is 31.7 Å². The molecule has 0 aliphatic carbocycles. The number of hydrogen-bond donors (Lipinski definition) is 2. The van der Waals surface area contributed by atoms with Gasteiger partial charge in [0.05, 0.1) is 6.10 Å². The summed E-state index contributed by atoms with van der Waals surface area (Å²) in [5.74, 6) is 0.761. The molecule has 2 saturated heterocycles. The van der Waals surface area contributed by atoms with E-state index in [0.717, 1.165) is 32.0 Å². The van der Waals surface area contributed by atoms with Gasteiger partial charge in [0.25, 0.3) is 0 Å². The number of nitrogens with one attached hydrogen (secondary N) is 1. The summed E-state index contributed by atoms with van der Waals surface area (Å²) < 4.78 is 0. The minimum absolute atomic E-state index is 0.0837. The van der Waals surface area contributed by atoms with Gasteiger partial charge in [-0.15, -0.1) is 0 Å². The van der Waals surface area contributed by atoms with Gasteiger partial charge in [-0.25, -0.2) is 0 Å². The van der Waals surface area contributed by atoms with E-state index in [4.69, 9.17) is 0 Å². The van der Waals surface area contributed by atoms with Crippen molar-refractivity contribution in [1.29, 1.82) is 0 Å². The Morgan fingerprint density at radius 2 is 2.21 bits per heavy atom. The summed E-state index contributed by atoms with van der Waals surface area (Å²) in [6.45, 7) is 7.62. The molecule has 14 heavy (non-hydrogen) atoms. The largest absolute Gasteiger partial charge is 0.392 e. The van der Waals surface area contributed by atoms with Gasteiger partial charge in [0.2, 0.25) is 0 Å². The van der Waals surface area contributed by atoms with E-state index in [9.17, 15) is 5.11 Å². The summed E-state index contributed by atoms with van der Waals surface area (Å²) in [6, 6.07) is 1.23. The van der Waals surface area contributed by atoms with Crippen molar-refractivity contribution < 1.29 is 5.11 Å². The summed E-state index contributed by atoms with van der Waals surface area (Å²) in [5, 5.41) is 13.1. The van der Waals surface area contributed by atoms with Gasteiger partial charge >= 0.3 is 0 Å². The molecule has 0 saturated carbocycles. The van der Waals surface area contributed by atoms with E-state index in [2.05, 4.69) is 24.1 Å². The standard InChI is InChI=1S/C11H22N2O/c1-8(2)3-9-6-13-7-11(14)4-10(13)5-12-9/h8-12,14H,3-7H2,1-2H3. The SMILES string of the molecule is CC(C)CC1CN2CC(O)CC2CN1. The average molecular weight is 198 g/mol. The smallest absolute Gasteiger partial charge is 0.0682 e. The highest BCUT2D eigenvalue weighted by atomic mass is 16.3. The molecule has 0 aromatic heterocycles. The van der Waals surface area contributed by atoms with Crippen molar-refractivity contribution in [3.8, 4) is 0 Å². The number of hydrogen-bond acceptors (Lipinski definition) is 3. The lowest BCUT2D eigenvalue weighted by Gasteiger charge is -2.36. The van der Waals surface area contributed by atoms with Crippen LogP contribution in [0.25, 0.3) is 0 Å². The van der Waals surface area contributed by atoms with E-state index in [-0.39, 0.29) is 6.10 Å². The van der Waals surface area contributed by atoms with Crippen molar-refractivity contribution in [3.05, 3.63) is 0 Å². The molecule has 2 aliphatic heterocycles. The van der Waals surface area contributed by atoms with E-state index >= 15 is 0 Å². The maximum Gasteiger partial charge on any atom is 0.0682 e. The maximum absolute atomic E-state index is 9.56. The van der Waals surface area contributed by atoms with Crippen molar-refractivity contribution >= 4 is 0 Å². The predicted octanol–water partition coefficient (Wildman–Crippen LogP) is 0.439. The van der Waals surface area contributed by atoms with Crippen molar-refractivity contribution in [1.82, 2.24) is 10.2 Å². The molecule has 3 atom stereocenters. The van der Waals surface area contributed by atoms with Gasteiger partial charge in [-0.05, 0) is 18.8 Å². The van der Waals surface area contributed by atoms with Crippen molar-refractivity contribution in [2.24, 2.45) is 5.92 Å². The molecule has 2 heterocycles. The van der Waals surface area contributed by atoms with Crippen LogP contribution < -0.4 is 5.32 Å². The maximum atomic E-state index is 9.56. The zero-order valence-corrected chi connectivity index (χ0v) is 9.24. The third-order valence-electron chi connectivity index (χ3n) is 3.36. The summed E-state index contributed by atoms with van der Waals surface area (Å²) in [6.07, 6.45) is 2.13. The number of nitrogens with zero attached hydrogens (tertiary/aromatic N) is 1. The van der Waals surface area contributed by atoms with E-state index in [1.54, 1.807) is 0 Å². The van der Waals surface area contributed by atoms with Crippen LogP contribution in [0.5, 0.6) is 0 Å². The van der Waals surface area contributed by atoms with Crippen LogP contribution in [0.3, 0.4) is 0 Å².